The summed E-state index contributed by atoms with van der Waals surface area (Å²) in [7, 11) is -4.06. The number of amides is 2. The Morgan fingerprint density at radius 2 is 1.76 bits per heavy atom. The molecule has 0 spiro atoms. The van der Waals surface area contributed by atoms with Crippen LogP contribution in [0.25, 0.3) is 0 Å². The fraction of sp³-hybridized carbons (Fsp3) is 0.222. The van der Waals surface area contributed by atoms with Crippen molar-refractivity contribution in [3.8, 4) is 0 Å². The SMILES string of the molecule is O=C(C[C@H]1C(=O)NCCN1S(=O)(=O)c1ccccc1)Nc1cc(F)c(F)c(F)c1. The van der Waals surface area contributed by atoms with Gasteiger partial charge in [0.05, 0.1) is 11.3 Å². The van der Waals surface area contributed by atoms with Gasteiger partial charge in [-0.1, -0.05) is 18.2 Å². The summed E-state index contributed by atoms with van der Waals surface area (Å²) in [6, 6.07) is 7.21. The van der Waals surface area contributed by atoms with Gasteiger partial charge in [0.1, 0.15) is 6.04 Å². The largest absolute Gasteiger partial charge is 0.353 e. The smallest absolute Gasteiger partial charge is 0.243 e. The molecule has 2 aromatic rings. The molecule has 0 radical (unpaired) electrons. The van der Waals surface area contributed by atoms with E-state index in [4.69, 9.17) is 0 Å². The minimum absolute atomic E-state index is 0.0391. The van der Waals surface area contributed by atoms with Crippen molar-refractivity contribution in [3.63, 3.8) is 0 Å². The Balaban J connectivity index is 1.81. The van der Waals surface area contributed by atoms with Crippen molar-refractivity contribution in [2.75, 3.05) is 18.4 Å². The van der Waals surface area contributed by atoms with Crippen LogP contribution in [0.5, 0.6) is 0 Å². The zero-order chi connectivity index (χ0) is 21.2. The van der Waals surface area contributed by atoms with Crippen LogP contribution in [0.4, 0.5) is 18.9 Å². The number of carbonyl (C=O) groups excluding carboxylic acids is 2. The summed E-state index contributed by atoms with van der Waals surface area (Å²) in [5.41, 5.74) is -0.361. The van der Waals surface area contributed by atoms with Gasteiger partial charge in [0.25, 0.3) is 0 Å². The Kier molecular flexibility index (Phi) is 5.89. The van der Waals surface area contributed by atoms with Crippen molar-refractivity contribution in [1.82, 2.24) is 9.62 Å². The lowest BCUT2D eigenvalue weighted by Gasteiger charge is -2.33. The van der Waals surface area contributed by atoms with E-state index in [2.05, 4.69) is 10.6 Å². The number of hydrogen-bond donors (Lipinski definition) is 2. The van der Waals surface area contributed by atoms with Crippen LogP contribution in [0.3, 0.4) is 0 Å². The maximum Gasteiger partial charge on any atom is 0.243 e. The lowest BCUT2D eigenvalue weighted by atomic mass is 10.1. The molecule has 2 aromatic carbocycles. The molecule has 0 aromatic heterocycles. The molecular formula is C18H16F3N3O4S. The van der Waals surface area contributed by atoms with Crippen LogP contribution in [-0.2, 0) is 19.6 Å². The summed E-state index contributed by atoms with van der Waals surface area (Å²) >= 11 is 0. The van der Waals surface area contributed by atoms with Gasteiger partial charge in [0.15, 0.2) is 17.5 Å². The highest BCUT2D eigenvalue weighted by atomic mass is 32.2. The van der Waals surface area contributed by atoms with Gasteiger partial charge in [-0.3, -0.25) is 9.59 Å². The molecule has 1 aliphatic rings. The average molecular weight is 427 g/mol. The first-order valence-corrected chi connectivity index (χ1v) is 9.93. The number of carbonyl (C=O) groups is 2. The number of halogens is 3. The maximum absolute atomic E-state index is 13.3. The first kappa shape index (κ1) is 20.8. The molecular weight excluding hydrogens is 411 g/mol. The van der Waals surface area contributed by atoms with Gasteiger partial charge < -0.3 is 10.6 Å². The van der Waals surface area contributed by atoms with Crippen LogP contribution in [0.2, 0.25) is 0 Å². The number of benzene rings is 2. The number of nitrogens with one attached hydrogen (secondary N) is 2. The molecule has 7 nitrogen and oxygen atoms in total. The highest BCUT2D eigenvalue weighted by Crippen LogP contribution is 2.22. The number of rotatable bonds is 5. The van der Waals surface area contributed by atoms with Gasteiger partial charge in [0.2, 0.25) is 21.8 Å². The van der Waals surface area contributed by atoms with Gasteiger partial charge in [0, 0.05) is 30.9 Å². The highest BCUT2D eigenvalue weighted by Gasteiger charge is 2.39. The van der Waals surface area contributed by atoms with E-state index in [1.807, 2.05) is 0 Å². The van der Waals surface area contributed by atoms with E-state index in [0.717, 1.165) is 4.31 Å². The van der Waals surface area contributed by atoms with Crippen LogP contribution < -0.4 is 10.6 Å². The van der Waals surface area contributed by atoms with E-state index in [-0.39, 0.29) is 23.7 Å². The number of piperazine rings is 1. The number of sulfonamides is 1. The summed E-state index contributed by atoms with van der Waals surface area (Å²) in [5.74, 6) is -6.23. The Bertz CT molecular complexity index is 1020. The third kappa shape index (κ3) is 4.40. The Morgan fingerprint density at radius 1 is 1.14 bits per heavy atom. The molecule has 1 fully saturated rings. The second-order valence-electron chi connectivity index (χ2n) is 6.24. The topological polar surface area (TPSA) is 95.6 Å². The Hall–Kier alpha value is -2.92. The van der Waals surface area contributed by atoms with Crippen molar-refractivity contribution in [2.45, 2.75) is 17.4 Å². The van der Waals surface area contributed by atoms with Gasteiger partial charge in [-0.25, -0.2) is 21.6 Å². The van der Waals surface area contributed by atoms with Crippen LogP contribution in [0.1, 0.15) is 6.42 Å². The summed E-state index contributed by atoms with van der Waals surface area (Å²) in [4.78, 5) is 24.5. The highest BCUT2D eigenvalue weighted by molar-refractivity contribution is 7.89. The van der Waals surface area contributed by atoms with Gasteiger partial charge in [-0.15, -0.1) is 0 Å². The van der Waals surface area contributed by atoms with E-state index in [1.54, 1.807) is 6.07 Å². The van der Waals surface area contributed by atoms with E-state index in [9.17, 15) is 31.2 Å². The quantitative estimate of drug-likeness (QED) is 0.709. The third-order valence-electron chi connectivity index (χ3n) is 4.28. The van der Waals surface area contributed by atoms with E-state index >= 15 is 0 Å². The molecule has 2 N–H and O–H groups in total. The lowest BCUT2D eigenvalue weighted by molar-refractivity contribution is -0.130. The number of anilines is 1. The summed E-state index contributed by atoms with van der Waals surface area (Å²) in [6.07, 6.45) is -0.599. The van der Waals surface area contributed by atoms with Crippen LogP contribution in [-0.4, -0.2) is 43.7 Å². The first-order valence-electron chi connectivity index (χ1n) is 8.49. The predicted molar refractivity (Wildman–Crippen MR) is 96.7 cm³/mol. The van der Waals surface area contributed by atoms with Crippen LogP contribution in [0.15, 0.2) is 47.4 Å². The third-order valence-corrected chi connectivity index (χ3v) is 6.20. The molecule has 0 saturated carbocycles. The van der Waals surface area contributed by atoms with Gasteiger partial charge >= 0.3 is 0 Å². The molecule has 0 unspecified atom stereocenters. The molecule has 1 heterocycles. The normalized spacial score (nSPS) is 17.6. The average Bonchev–Trinajstić information content (AvgIpc) is 2.68. The molecule has 1 saturated heterocycles. The Morgan fingerprint density at radius 3 is 2.38 bits per heavy atom. The molecule has 1 atom stereocenters. The second kappa shape index (κ2) is 8.21. The summed E-state index contributed by atoms with van der Waals surface area (Å²) in [5, 5.41) is 4.63. The van der Waals surface area contributed by atoms with Crippen molar-refractivity contribution >= 4 is 27.5 Å². The van der Waals surface area contributed by atoms with Crippen molar-refractivity contribution in [2.24, 2.45) is 0 Å². The maximum atomic E-state index is 13.3. The zero-order valence-corrected chi connectivity index (χ0v) is 15.7. The van der Waals surface area contributed by atoms with E-state index in [0.29, 0.717) is 12.1 Å². The fourth-order valence-electron chi connectivity index (χ4n) is 2.92. The van der Waals surface area contributed by atoms with Crippen molar-refractivity contribution < 1.29 is 31.2 Å². The Labute approximate surface area is 164 Å². The molecule has 0 bridgehead atoms. The first-order chi connectivity index (χ1) is 13.7. The molecule has 0 aliphatic carbocycles. The van der Waals surface area contributed by atoms with Gasteiger partial charge in [-0.2, -0.15) is 4.31 Å². The van der Waals surface area contributed by atoms with E-state index < -0.39 is 51.8 Å². The van der Waals surface area contributed by atoms with Crippen LogP contribution >= 0.6 is 0 Å². The lowest BCUT2D eigenvalue weighted by Crippen LogP contribution is -2.57. The molecule has 29 heavy (non-hydrogen) atoms. The zero-order valence-electron chi connectivity index (χ0n) is 14.9. The van der Waals surface area contributed by atoms with Crippen molar-refractivity contribution in [1.29, 1.82) is 0 Å². The predicted octanol–water partition coefficient (Wildman–Crippen LogP) is 1.62. The molecule has 2 amide bonds. The number of nitrogens with zero attached hydrogens (tertiary/aromatic N) is 1. The minimum Gasteiger partial charge on any atom is -0.353 e. The second-order valence-corrected chi connectivity index (χ2v) is 8.13. The fourth-order valence-corrected chi connectivity index (χ4v) is 4.53. The molecule has 11 heteroatoms. The molecule has 1 aliphatic heterocycles. The van der Waals surface area contributed by atoms with E-state index in [1.165, 1.54) is 24.3 Å². The summed E-state index contributed by atoms with van der Waals surface area (Å²) < 4.78 is 66.3. The summed E-state index contributed by atoms with van der Waals surface area (Å²) in [6.45, 7) is 0.0120. The minimum atomic E-state index is -4.06. The standard InChI is InChI=1S/C18H16F3N3O4S/c19-13-8-11(9-14(20)17(13)21)23-16(25)10-15-18(26)22-6-7-24(15)29(27,28)12-4-2-1-3-5-12/h1-5,8-9,15H,6-7,10H2,(H,22,26)(H,23,25)/t15-/m0/s1. The number of hydrogen-bond acceptors (Lipinski definition) is 4. The monoisotopic (exact) mass is 427 g/mol. The van der Waals surface area contributed by atoms with Crippen LogP contribution in [0, 0.1) is 17.5 Å². The molecule has 3 rings (SSSR count). The van der Waals surface area contributed by atoms with Crippen molar-refractivity contribution in [3.05, 3.63) is 59.9 Å². The van der Waals surface area contributed by atoms with Gasteiger partial charge in [-0.05, 0) is 12.1 Å². The molecule has 154 valence electrons.